The van der Waals surface area contributed by atoms with E-state index in [1.165, 1.54) is 0 Å². The minimum atomic E-state index is -0.427. The predicted octanol–water partition coefficient (Wildman–Crippen LogP) is 4.00. The number of hydrogen-bond acceptors (Lipinski definition) is 8. The summed E-state index contributed by atoms with van der Waals surface area (Å²) in [6, 6.07) is 19.4. The van der Waals surface area contributed by atoms with Crippen LogP contribution in [0.1, 0.15) is 28.3 Å². The number of hydrogen-bond donors (Lipinski definition) is 1. The van der Waals surface area contributed by atoms with Crippen LogP contribution in [-0.4, -0.2) is 82.5 Å². The van der Waals surface area contributed by atoms with Crippen molar-refractivity contribution < 1.29 is 33.3 Å². The van der Waals surface area contributed by atoms with Crippen LogP contribution in [0.25, 0.3) is 0 Å². The molecule has 228 valence electrons. The lowest BCUT2D eigenvalue weighted by Gasteiger charge is -2.37. The minimum Gasteiger partial charge on any atom is -0.493 e. The van der Waals surface area contributed by atoms with E-state index in [-0.39, 0.29) is 18.5 Å². The summed E-state index contributed by atoms with van der Waals surface area (Å²) in [7, 11) is 4.81. The van der Waals surface area contributed by atoms with Gasteiger partial charge in [0.1, 0.15) is 0 Å². The number of nitrogens with zero attached hydrogens (tertiary/aromatic N) is 2. The molecule has 1 fully saturated rings. The Hall–Kier alpha value is -4.28. The predicted molar refractivity (Wildman–Crippen MR) is 161 cm³/mol. The van der Waals surface area contributed by atoms with Crippen molar-refractivity contribution in [1.29, 1.82) is 0 Å². The molecule has 3 aromatic rings. The molecule has 1 unspecified atom stereocenters. The van der Waals surface area contributed by atoms with Gasteiger partial charge in [-0.1, -0.05) is 36.4 Å². The van der Waals surface area contributed by atoms with Crippen LogP contribution in [0.3, 0.4) is 0 Å². The number of nitrogens with one attached hydrogen (secondary N) is 1. The van der Waals surface area contributed by atoms with Crippen molar-refractivity contribution >= 4 is 12.0 Å². The Balaban J connectivity index is 1.37. The number of benzene rings is 3. The van der Waals surface area contributed by atoms with Gasteiger partial charge in [-0.05, 0) is 59.4 Å². The van der Waals surface area contributed by atoms with Crippen LogP contribution in [0.2, 0.25) is 0 Å². The topological polar surface area (TPSA) is 98.8 Å². The zero-order valence-electron chi connectivity index (χ0n) is 25.0. The van der Waals surface area contributed by atoms with Gasteiger partial charge in [0.25, 0.3) is 0 Å². The first-order valence-corrected chi connectivity index (χ1v) is 14.5. The molecule has 43 heavy (non-hydrogen) atoms. The summed E-state index contributed by atoms with van der Waals surface area (Å²) in [4.78, 5) is 29.6. The van der Waals surface area contributed by atoms with E-state index in [9.17, 15) is 9.59 Å². The summed E-state index contributed by atoms with van der Waals surface area (Å²) in [5.74, 6) is 2.11. The number of morpholine rings is 1. The van der Waals surface area contributed by atoms with Gasteiger partial charge in [0.2, 0.25) is 5.91 Å². The van der Waals surface area contributed by atoms with Gasteiger partial charge in [0, 0.05) is 32.2 Å². The van der Waals surface area contributed by atoms with E-state index < -0.39 is 6.09 Å². The van der Waals surface area contributed by atoms with E-state index in [1.807, 2.05) is 54.6 Å². The largest absolute Gasteiger partial charge is 0.493 e. The maximum absolute atomic E-state index is 13.1. The lowest BCUT2D eigenvalue weighted by molar-refractivity contribution is -0.123. The lowest BCUT2D eigenvalue weighted by Crippen LogP contribution is -2.43. The molecule has 1 N–H and O–H groups in total. The number of methoxy groups -OCH3 is 3. The maximum Gasteiger partial charge on any atom is 0.415 e. The average Bonchev–Trinajstić information content (AvgIpc) is 3.05. The van der Waals surface area contributed by atoms with Crippen LogP contribution >= 0.6 is 0 Å². The van der Waals surface area contributed by atoms with E-state index in [0.717, 1.165) is 28.7 Å². The van der Waals surface area contributed by atoms with Crippen molar-refractivity contribution in [3.8, 4) is 23.0 Å². The summed E-state index contributed by atoms with van der Waals surface area (Å²) in [5.41, 5.74) is 4.27. The van der Waals surface area contributed by atoms with E-state index in [4.69, 9.17) is 23.7 Å². The van der Waals surface area contributed by atoms with Gasteiger partial charge in [0.05, 0.1) is 41.1 Å². The molecule has 0 spiro atoms. The Bertz CT molecular complexity index is 1410. The number of carbonyl (C=O) groups is 2. The highest BCUT2D eigenvalue weighted by atomic mass is 16.6. The first kappa shape index (κ1) is 30.2. The molecule has 2 aliphatic rings. The SMILES string of the molecule is COc1cc2c(cc1OC)C(Cc1ccc(OC(=O)N3CCOCC3)c(OC)c1)N(CC(=O)NCc1ccccc1)CC2. The third-order valence-electron chi connectivity index (χ3n) is 7.92. The second-order valence-electron chi connectivity index (χ2n) is 10.6. The van der Waals surface area contributed by atoms with E-state index in [2.05, 4.69) is 10.2 Å². The van der Waals surface area contributed by atoms with Gasteiger partial charge < -0.3 is 33.9 Å². The van der Waals surface area contributed by atoms with E-state index in [1.54, 1.807) is 32.3 Å². The normalized spacial score (nSPS) is 16.6. The summed E-state index contributed by atoms with van der Waals surface area (Å²) < 4.78 is 27.9. The fourth-order valence-electron chi connectivity index (χ4n) is 5.60. The molecule has 1 saturated heterocycles. The Morgan fingerprint density at radius 3 is 2.26 bits per heavy atom. The Morgan fingerprint density at radius 1 is 0.837 bits per heavy atom. The molecule has 2 heterocycles. The van der Waals surface area contributed by atoms with Crippen LogP contribution in [0.15, 0.2) is 60.7 Å². The number of amides is 2. The Morgan fingerprint density at radius 2 is 1.53 bits per heavy atom. The third kappa shape index (κ3) is 7.39. The average molecular weight is 590 g/mol. The number of fused-ring (bicyclic) bond motifs is 1. The molecule has 5 rings (SSSR count). The zero-order valence-corrected chi connectivity index (χ0v) is 25.0. The number of rotatable bonds is 10. The molecule has 10 nitrogen and oxygen atoms in total. The van der Waals surface area contributed by atoms with Gasteiger partial charge in [-0.15, -0.1) is 0 Å². The van der Waals surface area contributed by atoms with Gasteiger partial charge >= 0.3 is 6.09 Å². The smallest absolute Gasteiger partial charge is 0.415 e. The van der Waals surface area contributed by atoms with Crippen molar-refractivity contribution in [2.24, 2.45) is 0 Å². The standard InChI is InChI=1S/C33H39N3O7/c1-39-29-18-24(9-10-28(29)43-33(38)35-13-15-42-16-14-35)17-27-26-20-31(41-3)30(40-2)19-25(26)11-12-36(27)22-32(37)34-21-23-7-5-4-6-8-23/h4-10,18-20,27H,11-17,21-22H2,1-3H3,(H,34,37). The molecule has 0 bridgehead atoms. The monoisotopic (exact) mass is 589 g/mol. The van der Waals surface area contributed by atoms with Crippen molar-refractivity contribution in [3.05, 3.63) is 82.9 Å². The summed E-state index contributed by atoms with van der Waals surface area (Å²) >= 11 is 0. The molecule has 0 radical (unpaired) electrons. The molecular weight excluding hydrogens is 550 g/mol. The second kappa shape index (κ2) is 14.3. The maximum atomic E-state index is 13.1. The fourth-order valence-corrected chi connectivity index (χ4v) is 5.60. The minimum absolute atomic E-state index is 0.0410. The molecule has 0 aliphatic carbocycles. The van der Waals surface area contributed by atoms with Crippen molar-refractivity contribution in [2.45, 2.75) is 25.4 Å². The summed E-state index contributed by atoms with van der Waals surface area (Å²) in [6.07, 6.45) is 0.949. The second-order valence-corrected chi connectivity index (χ2v) is 10.6. The van der Waals surface area contributed by atoms with E-state index in [0.29, 0.717) is 68.8 Å². The fraction of sp³-hybridized carbons (Fsp3) is 0.394. The number of carbonyl (C=O) groups excluding carboxylic acids is 2. The van der Waals surface area contributed by atoms with Gasteiger partial charge in [0.15, 0.2) is 23.0 Å². The molecular formula is C33H39N3O7. The molecule has 1 atom stereocenters. The van der Waals surface area contributed by atoms with Crippen LogP contribution in [0.4, 0.5) is 4.79 Å². The van der Waals surface area contributed by atoms with Crippen molar-refractivity contribution in [2.75, 3.05) is 60.7 Å². The highest BCUT2D eigenvalue weighted by Crippen LogP contribution is 2.40. The molecule has 10 heteroatoms. The van der Waals surface area contributed by atoms with Gasteiger partial charge in [-0.3, -0.25) is 9.69 Å². The van der Waals surface area contributed by atoms with Gasteiger partial charge in [-0.25, -0.2) is 4.79 Å². The molecule has 2 amide bonds. The van der Waals surface area contributed by atoms with Gasteiger partial charge in [-0.2, -0.15) is 0 Å². The third-order valence-corrected chi connectivity index (χ3v) is 7.92. The Labute approximate surface area is 252 Å². The van der Waals surface area contributed by atoms with Crippen LogP contribution in [0.5, 0.6) is 23.0 Å². The lowest BCUT2D eigenvalue weighted by atomic mass is 9.88. The van der Waals surface area contributed by atoms with Crippen LogP contribution < -0.4 is 24.3 Å². The highest BCUT2D eigenvalue weighted by molar-refractivity contribution is 5.78. The Kier molecular flexibility index (Phi) is 10.0. The van der Waals surface area contributed by atoms with Crippen molar-refractivity contribution in [3.63, 3.8) is 0 Å². The molecule has 0 saturated carbocycles. The summed E-state index contributed by atoms with van der Waals surface area (Å²) in [5, 5.41) is 3.06. The van der Waals surface area contributed by atoms with Crippen molar-refractivity contribution in [1.82, 2.24) is 15.1 Å². The van der Waals surface area contributed by atoms with E-state index >= 15 is 0 Å². The number of ether oxygens (including phenoxy) is 5. The first-order valence-electron chi connectivity index (χ1n) is 14.5. The summed E-state index contributed by atoms with van der Waals surface area (Å²) in [6.45, 7) is 3.39. The molecule has 0 aromatic heterocycles. The molecule has 2 aliphatic heterocycles. The quantitative estimate of drug-likeness (QED) is 0.379. The first-order chi connectivity index (χ1) is 21.0. The van der Waals surface area contributed by atoms with Crippen LogP contribution in [-0.2, 0) is 28.9 Å². The highest BCUT2D eigenvalue weighted by Gasteiger charge is 2.31. The van der Waals surface area contributed by atoms with Crippen LogP contribution in [0, 0.1) is 0 Å². The zero-order chi connectivity index (χ0) is 30.2. The molecule has 3 aromatic carbocycles.